The highest BCUT2D eigenvalue weighted by Gasteiger charge is 2.30. The van der Waals surface area contributed by atoms with Crippen LogP contribution in [0.5, 0.6) is 5.88 Å². The Balaban J connectivity index is 1.69. The molecule has 1 aromatic heterocycles. The molecule has 7 nitrogen and oxygen atoms in total. The third kappa shape index (κ3) is 3.79. The lowest BCUT2D eigenvalue weighted by Gasteiger charge is -2.18. The summed E-state index contributed by atoms with van der Waals surface area (Å²) in [6.07, 6.45) is 2.20. The van der Waals surface area contributed by atoms with Crippen molar-refractivity contribution in [1.82, 2.24) is 9.88 Å². The van der Waals surface area contributed by atoms with Gasteiger partial charge in [-0.05, 0) is 35.0 Å². The number of carbonyl (C=O) groups is 1. The molecule has 1 saturated heterocycles. The van der Waals surface area contributed by atoms with Gasteiger partial charge in [0, 0.05) is 46.9 Å². The van der Waals surface area contributed by atoms with Gasteiger partial charge in [-0.1, -0.05) is 6.07 Å². The summed E-state index contributed by atoms with van der Waals surface area (Å²) in [5.41, 5.74) is 0.699. The van der Waals surface area contributed by atoms with Crippen LogP contribution in [0, 0.1) is 17.0 Å². The molecule has 25 heavy (non-hydrogen) atoms. The van der Waals surface area contributed by atoms with Gasteiger partial charge in [0.25, 0.3) is 11.6 Å². The van der Waals surface area contributed by atoms with E-state index >= 15 is 0 Å². The van der Waals surface area contributed by atoms with Gasteiger partial charge in [-0.25, -0.2) is 4.98 Å². The lowest BCUT2D eigenvalue weighted by atomic mass is 10.1. The smallest absolute Gasteiger partial charge is 0.273 e. The van der Waals surface area contributed by atoms with Crippen LogP contribution in [0.4, 0.5) is 5.69 Å². The van der Waals surface area contributed by atoms with E-state index in [2.05, 4.69) is 20.9 Å². The Morgan fingerprint density at radius 2 is 2.20 bits per heavy atom. The summed E-state index contributed by atoms with van der Waals surface area (Å²) in [4.78, 5) is 29.1. The zero-order chi connectivity index (χ0) is 18.0. The van der Waals surface area contributed by atoms with Crippen LogP contribution >= 0.6 is 15.9 Å². The van der Waals surface area contributed by atoms with Crippen LogP contribution in [-0.2, 0) is 0 Å². The van der Waals surface area contributed by atoms with Crippen molar-refractivity contribution < 1.29 is 14.5 Å². The van der Waals surface area contributed by atoms with Gasteiger partial charge in [0.15, 0.2) is 0 Å². The predicted octanol–water partition coefficient (Wildman–Crippen LogP) is 3.35. The SMILES string of the molecule is Cc1c(C(=O)N2CCC(Oc3ccc(Br)cn3)C2)cccc1[N+](=O)[O-]. The first-order valence-electron chi connectivity index (χ1n) is 7.77. The van der Waals surface area contributed by atoms with E-state index in [9.17, 15) is 14.9 Å². The van der Waals surface area contributed by atoms with E-state index in [4.69, 9.17) is 4.74 Å². The van der Waals surface area contributed by atoms with Crippen molar-refractivity contribution in [2.24, 2.45) is 0 Å². The molecule has 0 saturated carbocycles. The lowest BCUT2D eigenvalue weighted by molar-refractivity contribution is -0.385. The van der Waals surface area contributed by atoms with E-state index in [1.165, 1.54) is 12.1 Å². The monoisotopic (exact) mass is 405 g/mol. The van der Waals surface area contributed by atoms with E-state index < -0.39 is 4.92 Å². The second kappa shape index (κ2) is 7.18. The summed E-state index contributed by atoms with van der Waals surface area (Å²) in [5.74, 6) is 0.296. The van der Waals surface area contributed by atoms with Crippen LogP contribution in [0.3, 0.4) is 0 Å². The molecule has 1 aliphatic heterocycles. The van der Waals surface area contributed by atoms with Gasteiger partial charge in [-0.15, -0.1) is 0 Å². The van der Waals surface area contributed by atoms with Gasteiger partial charge in [0.05, 0.1) is 11.5 Å². The molecule has 0 aliphatic carbocycles. The maximum Gasteiger partial charge on any atom is 0.273 e. The Kier molecular flexibility index (Phi) is 4.98. The Morgan fingerprint density at radius 3 is 2.88 bits per heavy atom. The molecule has 2 heterocycles. The Labute approximate surface area is 152 Å². The molecule has 0 spiro atoms. The van der Waals surface area contributed by atoms with E-state index in [1.54, 1.807) is 30.2 Å². The molecule has 0 N–H and O–H groups in total. The van der Waals surface area contributed by atoms with Crippen molar-refractivity contribution in [1.29, 1.82) is 0 Å². The fraction of sp³-hybridized carbons (Fsp3) is 0.294. The van der Waals surface area contributed by atoms with Crippen molar-refractivity contribution in [3.05, 3.63) is 62.2 Å². The Morgan fingerprint density at radius 1 is 1.40 bits per heavy atom. The molecule has 1 aliphatic rings. The van der Waals surface area contributed by atoms with Gasteiger partial charge < -0.3 is 9.64 Å². The second-order valence-corrected chi connectivity index (χ2v) is 6.72. The largest absolute Gasteiger partial charge is 0.472 e. The third-order valence-corrected chi connectivity index (χ3v) is 4.62. The van der Waals surface area contributed by atoms with Crippen molar-refractivity contribution in [2.75, 3.05) is 13.1 Å². The highest BCUT2D eigenvalue weighted by Crippen LogP contribution is 2.25. The molecule has 0 radical (unpaired) electrons. The van der Waals surface area contributed by atoms with Gasteiger partial charge in [-0.3, -0.25) is 14.9 Å². The highest BCUT2D eigenvalue weighted by atomic mass is 79.9. The normalized spacial score (nSPS) is 16.7. The Hall–Kier alpha value is -2.48. The zero-order valence-electron chi connectivity index (χ0n) is 13.5. The molecule has 1 atom stereocenters. The number of aromatic nitrogens is 1. The number of nitrogens with zero attached hydrogens (tertiary/aromatic N) is 3. The average molecular weight is 406 g/mol. The third-order valence-electron chi connectivity index (χ3n) is 4.15. The number of hydrogen-bond donors (Lipinski definition) is 0. The molecular formula is C17H16BrN3O4. The number of amides is 1. The second-order valence-electron chi connectivity index (χ2n) is 5.80. The fourth-order valence-corrected chi connectivity index (χ4v) is 3.07. The van der Waals surface area contributed by atoms with Crippen LogP contribution in [0.25, 0.3) is 0 Å². The number of rotatable bonds is 4. The predicted molar refractivity (Wildman–Crippen MR) is 94.7 cm³/mol. The van der Waals surface area contributed by atoms with Crippen molar-refractivity contribution in [3.8, 4) is 5.88 Å². The number of pyridine rings is 1. The molecule has 0 bridgehead atoms. The number of benzene rings is 1. The van der Waals surface area contributed by atoms with Gasteiger partial charge in [-0.2, -0.15) is 0 Å². The fourth-order valence-electron chi connectivity index (χ4n) is 2.83. The Bertz CT molecular complexity index is 810. The first-order chi connectivity index (χ1) is 12.0. The molecular weight excluding hydrogens is 390 g/mol. The summed E-state index contributed by atoms with van der Waals surface area (Å²) >= 11 is 3.32. The minimum absolute atomic E-state index is 0.0445. The maximum absolute atomic E-state index is 12.7. The van der Waals surface area contributed by atoms with Gasteiger partial charge in [0.2, 0.25) is 5.88 Å². The lowest BCUT2D eigenvalue weighted by Crippen LogP contribution is -2.31. The molecule has 8 heteroatoms. The van der Waals surface area contributed by atoms with E-state index in [0.717, 1.165) is 4.47 Å². The molecule has 1 unspecified atom stereocenters. The summed E-state index contributed by atoms with van der Waals surface area (Å²) in [7, 11) is 0. The average Bonchev–Trinajstić information content (AvgIpc) is 3.05. The van der Waals surface area contributed by atoms with E-state index in [1.807, 2.05) is 6.07 Å². The first kappa shape index (κ1) is 17.3. The topological polar surface area (TPSA) is 85.6 Å². The van der Waals surface area contributed by atoms with E-state index in [0.29, 0.717) is 36.5 Å². The zero-order valence-corrected chi connectivity index (χ0v) is 15.1. The first-order valence-corrected chi connectivity index (χ1v) is 8.56. The minimum atomic E-state index is -0.471. The minimum Gasteiger partial charge on any atom is -0.472 e. The number of likely N-dealkylation sites (tertiary alicyclic amines) is 1. The molecule has 130 valence electrons. The van der Waals surface area contributed by atoms with Crippen molar-refractivity contribution in [2.45, 2.75) is 19.4 Å². The van der Waals surface area contributed by atoms with Crippen LogP contribution in [-0.4, -0.2) is 39.9 Å². The van der Waals surface area contributed by atoms with Crippen LogP contribution in [0.1, 0.15) is 22.3 Å². The summed E-state index contributed by atoms with van der Waals surface area (Å²) < 4.78 is 6.67. The number of ether oxygens (including phenoxy) is 1. The van der Waals surface area contributed by atoms with Crippen molar-refractivity contribution >= 4 is 27.5 Å². The van der Waals surface area contributed by atoms with Gasteiger partial charge in [0.1, 0.15) is 6.10 Å². The maximum atomic E-state index is 12.7. The molecule has 3 rings (SSSR count). The van der Waals surface area contributed by atoms with E-state index in [-0.39, 0.29) is 17.7 Å². The quantitative estimate of drug-likeness (QED) is 0.574. The summed E-state index contributed by atoms with van der Waals surface area (Å²) in [6, 6.07) is 8.16. The number of halogens is 1. The molecule has 1 amide bonds. The van der Waals surface area contributed by atoms with Crippen molar-refractivity contribution in [3.63, 3.8) is 0 Å². The summed E-state index contributed by atoms with van der Waals surface area (Å²) in [6.45, 7) is 2.57. The van der Waals surface area contributed by atoms with Gasteiger partial charge >= 0.3 is 0 Å². The molecule has 1 fully saturated rings. The molecule has 1 aromatic carbocycles. The van der Waals surface area contributed by atoms with Crippen LogP contribution in [0.15, 0.2) is 41.0 Å². The number of hydrogen-bond acceptors (Lipinski definition) is 5. The van der Waals surface area contributed by atoms with Crippen LogP contribution in [0.2, 0.25) is 0 Å². The standard InChI is InChI=1S/C17H16BrN3O4/c1-11-14(3-2-4-15(11)21(23)24)17(22)20-8-7-13(10-20)25-16-6-5-12(18)9-19-16/h2-6,9,13H,7-8,10H2,1H3. The number of nitro benzene ring substituents is 1. The highest BCUT2D eigenvalue weighted by molar-refractivity contribution is 9.10. The number of carbonyl (C=O) groups excluding carboxylic acids is 1. The summed E-state index contributed by atoms with van der Waals surface area (Å²) in [5, 5.41) is 11.0. The molecule has 2 aromatic rings. The number of nitro groups is 1. The van der Waals surface area contributed by atoms with Crippen LogP contribution < -0.4 is 4.74 Å².